The molecule has 1 aromatic carbocycles. The van der Waals surface area contributed by atoms with Gasteiger partial charge in [-0.05, 0) is 54.4 Å². The standard InChI is InChI=1S/C17H14BrNO2/c18-9-1-3-10(4-2-9)19-15(20)13-11-5-6-12(14(13)16(19)21)17(11)7-8-17/h1-6,11-14H,7-8H2/t11-,12-,13+,14+/m1/s1. The average molecular weight is 344 g/mol. The van der Waals surface area contributed by atoms with Crippen molar-refractivity contribution in [2.45, 2.75) is 12.8 Å². The second kappa shape index (κ2) is 3.67. The number of hydrogen-bond donors (Lipinski definition) is 0. The molecule has 3 fully saturated rings. The van der Waals surface area contributed by atoms with E-state index in [4.69, 9.17) is 0 Å². The van der Waals surface area contributed by atoms with E-state index in [0.29, 0.717) is 17.5 Å². The first-order valence-electron chi connectivity index (χ1n) is 7.45. The molecule has 0 unspecified atom stereocenters. The highest BCUT2D eigenvalue weighted by Crippen LogP contribution is 2.73. The first-order chi connectivity index (χ1) is 10.1. The molecule has 4 atom stereocenters. The minimum Gasteiger partial charge on any atom is -0.274 e. The first kappa shape index (κ1) is 12.2. The van der Waals surface area contributed by atoms with Crippen molar-refractivity contribution in [1.29, 1.82) is 0 Å². The molecule has 4 aliphatic rings. The molecule has 0 aromatic heterocycles. The normalized spacial score (nSPS) is 37.7. The lowest BCUT2D eigenvalue weighted by atomic mass is 9.85. The summed E-state index contributed by atoms with van der Waals surface area (Å²) in [6, 6.07) is 7.42. The van der Waals surface area contributed by atoms with Crippen molar-refractivity contribution in [3.05, 3.63) is 40.9 Å². The number of carbonyl (C=O) groups is 2. The molecule has 1 aromatic rings. The van der Waals surface area contributed by atoms with E-state index in [1.54, 1.807) is 0 Å². The van der Waals surface area contributed by atoms with E-state index in [0.717, 1.165) is 4.47 Å². The number of nitrogens with zero attached hydrogens (tertiary/aromatic N) is 1. The van der Waals surface area contributed by atoms with E-state index in [2.05, 4.69) is 28.1 Å². The lowest BCUT2D eigenvalue weighted by Crippen LogP contribution is -2.34. The van der Waals surface area contributed by atoms with E-state index in [1.165, 1.54) is 17.7 Å². The zero-order chi connectivity index (χ0) is 14.4. The Morgan fingerprint density at radius 1 is 0.952 bits per heavy atom. The maximum Gasteiger partial charge on any atom is 0.238 e. The van der Waals surface area contributed by atoms with Crippen molar-refractivity contribution in [2.24, 2.45) is 29.1 Å². The first-order valence-corrected chi connectivity index (χ1v) is 8.24. The van der Waals surface area contributed by atoms with E-state index < -0.39 is 0 Å². The van der Waals surface area contributed by atoms with Crippen LogP contribution in [0.2, 0.25) is 0 Å². The van der Waals surface area contributed by atoms with Gasteiger partial charge in [0.2, 0.25) is 11.8 Å². The quantitative estimate of drug-likeness (QED) is 0.580. The monoisotopic (exact) mass is 343 g/mol. The summed E-state index contributed by atoms with van der Waals surface area (Å²) in [7, 11) is 0. The molecule has 1 heterocycles. The number of carbonyl (C=O) groups excluding carboxylic acids is 2. The fraction of sp³-hybridized carbons (Fsp3) is 0.412. The maximum absolute atomic E-state index is 12.8. The van der Waals surface area contributed by atoms with E-state index in [9.17, 15) is 9.59 Å². The summed E-state index contributed by atoms with van der Waals surface area (Å²) in [5.41, 5.74) is 0.971. The molecule has 1 aliphatic heterocycles. The van der Waals surface area contributed by atoms with Crippen LogP contribution in [0.4, 0.5) is 5.69 Å². The van der Waals surface area contributed by atoms with E-state index in [1.807, 2.05) is 24.3 Å². The smallest absolute Gasteiger partial charge is 0.238 e. The molecule has 1 spiro atoms. The van der Waals surface area contributed by atoms with Gasteiger partial charge in [-0.2, -0.15) is 0 Å². The Kier molecular flexibility index (Phi) is 2.12. The third-order valence-corrected chi connectivity index (χ3v) is 6.47. The molecule has 4 heteroatoms. The summed E-state index contributed by atoms with van der Waals surface area (Å²) < 4.78 is 0.948. The van der Waals surface area contributed by atoms with Gasteiger partial charge >= 0.3 is 0 Å². The van der Waals surface area contributed by atoms with Gasteiger partial charge in [-0.25, -0.2) is 0 Å². The maximum atomic E-state index is 12.8. The fourth-order valence-corrected chi connectivity index (χ4v) is 5.19. The van der Waals surface area contributed by atoms with Crippen LogP contribution in [0.1, 0.15) is 12.8 Å². The minimum atomic E-state index is -0.112. The lowest BCUT2D eigenvalue weighted by molar-refractivity contribution is -0.123. The van der Waals surface area contributed by atoms with Crippen molar-refractivity contribution in [3.63, 3.8) is 0 Å². The topological polar surface area (TPSA) is 37.4 Å². The number of imide groups is 1. The Morgan fingerprint density at radius 2 is 1.48 bits per heavy atom. The van der Waals surface area contributed by atoms with Crippen molar-refractivity contribution in [1.82, 2.24) is 0 Å². The third kappa shape index (κ3) is 1.30. The SMILES string of the molecule is O=C1[C@@H]2[C@@H](C(=O)N1c1ccc(Br)cc1)[C@H]1C=C[C@H]2C12CC2. The van der Waals surface area contributed by atoms with Crippen molar-refractivity contribution in [2.75, 3.05) is 4.90 Å². The van der Waals surface area contributed by atoms with Crippen molar-refractivity contribution >= 4 is 33.4 Å². The van der Waals surface area contributed by atoms with Gasteiger partial charge in [-0.1, -0.05) is 28.1 Å². The Morgan fingerprint density at radius 3 is 1.95 bits per heavy atom. The molecule has 2 saturated carbocycles. The predicted molar refractivity (Wildman–Crippen MR) is 81.4 cm³/mol. The summed E-state index contributed by atoms with van der Waals surface area (Å²) in [5, 5.41) is 0. The van der Waals surface area contributed by atoms with Crippen LogP contribution in [0.15, 0.2) is 40.9 Å². The number of amides is 2. The number of hydrogen-bond acceptors (Lipinski definition) is 2. The molecule has 2 amide bonds. The van der Waals surface area contributed by atoms with E-state index >= 15 is 0 Å². The largest absolute Gasteiger partial charge is 0.274 e. The predicted octanol–water partition coefficient (Wildman–Crippen LogP) is 3.15. The third-order valence-electron chi connectivity index (χ3n) is 5.94. The van der Waals surface area contributed by atoms with Crippen LogP contribution in [0, 0.1) is 29.1 Å². The number of fused-ring (bicyclic) bond motifs is 3. The highest BCUT2D eigenvalue weighted by atomic mass is 79.9. The highest BCUT2D eigenvalue weighted by molar-refractivity contribution is 9.10. The van der Waals surface area contributed by atoms with Gasteiger partial charge in [0.15, 0.2) is 0 Å². The van der Waals surface area contributed by atoms with Crippen molar-refractivity contribution < 1.29 is 9.59 Å². The Bertz CT molecular complexity index is 670. The number of halogens is 1. The van der Waals surface area contributed by atoms with Crippen molar-refractivity contribution in [3.8, 4) is 0 Å². The zero-order valence-corrected chi connectivity index (χ0v) is 12.9. The van der Waals surface area contributed by atoms with Crippen LogP contribution in [0.25, 0.3) is 0 Å². The molecule has 0 radical (unpaired) electrons. The molecular formula is C17H14BrNO2. The second-order valence-electron chi connectivity index (χ2n) is 6.71. The van der Waals surface area contributed by atoms with Crippen LogP contribution >= 0.6 is 15.9 Å². The molecule has 106 valence electrons. The second-order valence-corrected chi connectivity index (χ2v) is 7.63. The van der Waals surface area contributed by atoms with Crippen LogP contribution in [-0.2, 0) is 9.59 Å². The molecule has 3 nitrogen and oxygen atoms in total. The minimum absolute atomic E-state index is 0.00967. The molecule has 2 bridgehead atoms. The van der Waals surface area contributed by atoms with Gasteiger partial charge in [-0.15, -0.1) is 0 Å². The fourth-order valence-electron chi connectivity index (χ4n) is 4.92. The van der Waals surface area contributed by atoms with Gasteiger partial charge in [0.25, 0.3) is 0 Å². The average Bonchev–Trinajstić information content (AvgIpc) is 3.07. The zero-order valence-electron chi connectivity index (χ0n) is 11.3. The van der Waals surface area contributed by atoms with Crippen LogP contribution < -0.4 is 4.90 Å². The highest BCUT2D eigenvalue weighted by Gasteiger charge is 2.73. The Labute approximate surface area is 131 Å². The summed E-state index contributed by atoms with van der Waals surface area (Å²) in [6.45, 7) is 0. The number of anilines is 1. The molecule has 5 rings (SSSR count). The van der Waals surface area contributed by atoms with Crippen LogP contribution in [0.3, 0.4) is 0 Å². The molecule has 3 aliphatic carbocycles. The summed E-state index contributed by atoms with van der Waals surface area (Å²) in [5.74, 6) is 0.386. The summed E-state index contributed by atoms with van der Waals surface area (Å²) in [6.07, 6.45) is 6.77. The number of allylic oxidation sites excluding steroid dienone is 2. The van der Waals surface area contributed by atoms with Gasteiger partial charge < -0.3 is 0 Å². The Hall–Kier alpha value is -1.42. The van der Waals surface area contributed by atoms with Gasteiger partial charge in [0.1, 0.15) is 0 Å². The van der Waals surface area contributed by atoms with Gasteiger partial charge in [-0.3, -0.25) is 14.5 Å². The lowest BCUT2D eigenvalue weighted by Gasteiger charge is -2.21. The Balaban J connectivity index is 1.57. The van der Waals surface area contributed by atoms with E-state index in [-0.39, 0.29) is 29.1 Å². The molecule has 1 saturated heterocycles. The number of rotatable bonds is 1. The van der Waals surface area contributed by atoms with Gasteiger partial charge in [0.05, 0.1) is 17.5 Å². The van der Waals surface area contributed by atoms with Gasteiger partial charge in [0, 0.05) is 4.47 Å². The van der Waals surface area contributed by atoms with Crippen LogP contribution in [0.5, 0.6) is 0 Å². The molecule has 0 N–H and O–H groups in total. The molecule has 21 heavy (non-hydrogen) atoms. The summed E-state index contributed by atoms with van der Waals surface area (Å²) >= 11 is 3.39. The molecular weight excluding hydrogens is 330 g/mol. The van der Waals surface area contributed by atoms with Crippen LogP contribution in [-0.4, -0.2) is 11.8 Å². The summed E-state index contributed by atoms with van der Waals surface area (Å²) in [4.78, 5) is 27.1. The number of benzene rings is 1.